The van der Waals surface area contributed by atoms with Crippen molar-refractivity contribution in [2.45, 2.75) is 19.6 Å². The van der Waals surface area contributed by atoms with Gasteiger partial charge in [-0.1, -0.05) is 30.3 Å². The number of rotatable bonds is 4. The second-order valence-corrected chi connectivity index (χ2v) is 4.21. The number of alkyl carbamates (subject to hydrolysis) is 1. The minimum absolute atomic E-state index is 0. The van der Waals surface area contributed by atoms with E-state index >= 15 is 0 Å². The van der Waals surface area contributed by atoms with Crippen LogP contribution in [0.3, 0.4) is 0 Å². The maximum Gasteiger partial charge on any atom is 0.407 e. The third kappa shape index (κ3) is 4.90. The van der Waals surface area contributed by atoms with E-state index in [0.29, 0.717) is 0 Å². The molecule has 0 radical (unpaired) electrons. The Labute approximate surface area is 124 Å². The summed E-state index contributed by atoms with van der Waals surface area (Å²) in [5, 5.41) is 2.79. The molecule has 0 aliphatic rings. The Morgan fingerprint density at radius 3 is 2.50 bits per heavy atom. The Hall–Kier alpha value is -2.07. The molecule has 4 nitrogen and oxygen atoms in total. The lowest BCUT2D eigenvalue weighted by Crippen LogP contribution is -2.27. The van der Waals surface area contributed by atoms with Gasteiger partial charge < -0.3 is 10.1 Å². The quantitative estimate of drug-likeness (QED) is 0.938. The maximum atomic E-state index is 11.7. The zero-order chi connectivity index (χ0) is 13.5. The Bertz CT molecular complexity index is 520. The van der Waals surface area contributed by atoms with Gasteiger partial charge in [-0.3, -0.25) is 4.98 Å². The molecule has 0 fully saturated rings. The lowest BCUT2D eigenvalue weighted by molar-refractivity contribution is 0.136. The van der Waals surface area contributed by atoms with Crippen molar-refractivity contribution in [3.8, 4) is 0 Å². The molecule has 0 aliphatic heterocycles. The van der Waals surface area contributed by atoms with Crippen LogP contribution in [0.2, 0.25) is 0 Å². The molecule has 0 unspecified atom stereocenters. The van der Waals surface area contributed by atoms with E-state index in [-0.39, 0.29) is 25.1 Å². The van der Waals surface area contributed by atoms with E-state index in [1.165, 1.54) is 0 Å². The lowest BCUT2D eigenvalue weighted by Gasteiger charge is -2.14. The van der Waals surface area contributed by atoms with Crippen LogP contribution in [0.15, 0.2) is 54.9 Å². The fourth-order valence-corrected chi connectivity index (χ4v) is 1.67. The summed E-state index contributed by atoms with van der Waals surface area (Å²) in [5.41, 5.74) is 1.96. The average Bonchev–Trinajstić information content (AvgIpc) is 2.47. The van der Waals surface area contributed by atoms with Crippen LogP contribution in [-0.2, 0) is 11.3 Å². The van der Waals surface area contributed by atoms with Crippen LogP contribution in [0, 0.1) is 0 Å². The molecule has 0 saturated carbocycles. The standard InChI is InChI=1S/C15H16N2O2.ClH/c1-12(14-5-3-2-4-6-14)17-15(18)19-11-13-7-9-16-10-8-13;/h2-10,12H,11H2,1H3,(H,17,18);1H/t12-;/m0./s1. The molecule has 1 amide bonds. The van der Waals surface area contributed by atoms with Crippen molar-refractivity contribution >= 4 is 18.5 Å². The van der Waals surface area contributed by atoms with E-state index in [1.54, 1.807) is 12.4 Å². The van der Waals surface area contributed by atoms with Gasteiger partial charge in [-0.2, -0.15) is 0 Å². The third-order valence-corrected chi connectivity index (χ3v) is 2.75. The van der Waals surface area contributed by atoms with Gasteiger partial charge in [-0.15, -0.1) is 12.4 Å². The minimum atomic E-state index is -0.423. The van der Waals surface area contributed by atoms with Crippen molar-refractivity contribution < 1.29 is 9.53 Å². The van der Waals surface area contributed by atoms with Crippen molar-refractivity contribution in [1.82, 2.24) is 10.3 Å². The first kappa shape index (κ1) is 16.0. The molecule has 0 spiro atoms. The van der Waals surface area contributed by atoms with Gasteiger partial charge in [-0.25, -0.2) is 4.79 Å². The molecule has 20 heavy (non-hydrogen) atoms. The van der Waals surface area contributed by atoms with Crippen molar-refractivity contribution in [3.63, 3.8) is 0 Å². The number of hydrogen-bond acceptors (Lipinski definition) is 3. The molecule has 1 aromatic carbocycles. The zero-order valence-corrected chi connectivity index (χ0v) is 12.0. The number of aromatic nitrogens is 1. The highest BCUT2D eigenvalue weighted by molar-refractivity contribution is 5.85. The van der Waals surface area contributed by atoms with Crippen molar-refractivity contribution in [2.75, 3.05) is 0 Å². The molecule has 1 heterocycles. The van der Waals surface area contributed by atoms with Gasteiger partial charge in [0.1, 0.15) is 6.61 Å². The molecular formula is C15H17ClN2O2. The Balaban J connectivity index is 0.00000200. The molecule has 1 N–H and O–H groups in total. The number of carbonyl (C=O) groups excluding carboxylic acids is 1. The van der Waals surface area contributed by atoms with Crippen LogP contribution in [0.25, 0.3) is 0 Å². The van der Waals surface area contributed by atoms with Gasteiger partial charge in [0.2, 0.25) is 0 Å². The van der Waals surface area contributed by atoms with Gasteiger partial charge in [0, 0.05) is 12.4 Å². The fraction of sp³-hybridized carbons (Fsp3) is 0.200. The molecule has 1 aromatic heterocycles. The molecule has 2 aromatic rings. The minimum Gasteiger partial charge on any atom is -0.445 e. The Morgan fingerprint density at radius 2 is 1.85 bits per heavy atom. The molecule has 2 rings (SSSR count). The number of hydrogen-bond donors (Lipinski definition) is 1. The van der Waals surface area contributed by atoms with Gasteiger partial charge in [0.25, 0.3) is 0 Å². The summed E-state index contributed by atoms with van der Waals surface area (Å²) in [6, 6.07) is 13.3. The summed E-state index contributed by atoms with van der Waals surface area (Å²) in [5.74, 6) is 0. The molecule has 0 aliphatic carbocycles. The van der Waals surface area contributed by atoms with Crippen molar-refractivity contribution in [1.29, 1.82) is 0 Å². The Kier molecular flexibility index (Phi) is 6.53. The number of pyridine rings is 1. The van der Waals surface area contributed by atoms with Gasteiger partial charge in [0.05, 0.1) is 6.04 Å². The summed E-state index contributed by atoms with van der Waals surface area (Å²) >= 11 is 0. The number of halogens is 1. The van der Waals surface area contributed by atoms with E-state index in [9.17, 15) is 4.79 Å². The molecular weight excluding hydrogens is 276 g/mol. The second kappa shape index (κ2) is 8.17. The fourth-order valence-electron chi connectivity index (χ4n) is 1.67. The summed E-state index contributed by atoms with van der Waals surface area (Å²) in [7, 11) is 0. The largest absolute Gasteiger partial charge is 0.445 e. The predicted octanol–water partition coefficient (Wildman–Crippen LogP) is 3.49. The average molecular weight is 293 g/mol. The number of amides is 1. The molecule has 5 heteroatoms. The number of nitrogens with zero attached hydrogens (tertiary/aromatic N) is 1. The first-order valence-corrected chi connectivity index (χ1v) is 6.13. The normalized spacial score (nSPS) is 11.1. The van der Waals surface area contributed by atoms with Gasteiger partial charge in [0.15, 0.2) is 0 Å². The highest BCUT2D eigenvalue weighted by Gasteiger charge is 2.09. The van der Waals surface area contributed by atoms with Crippen molar-refractivity contribution in [2.24, 2.45) is 0 Å². The van der Waals surface area contributed by atoms with Gasteiger partial charge in [-0.05, 0) is 30.2 Å². The van der Waals surface area contributed by atoms with Crippen LogP contribution in [0.5, 0.6) is 0 Å². The van der Waals surface area contributed by atoms with Crippen LogP contribution in [0.4, 0.5) is 4.79 Å². The number of benzene rings is 1. The monoisotopic (exact) mass is 292 g/mol. The van der Waals surface area contributed by atoms with Crippen LogP contribution in [0.1, 0.15) is 24.1 Å². The van der Waals surface area contributed by atoms with E-state index in [2.05, 4.69) is 10.3 Å². The van der Waals surface area contributed by atoms with E-state index in [0.717, 1.165) is 11.1 Å². The van der Waals surface area contributed by atoms with Crippen LogP contribution < -0.4 is 5.32 Å². The molecule has 0 bridgehead atoms. The smallest absolute Gasteiger partial charge is 0.407 e. The van der Waals surface area contributed by atoms with Crippen molar-refractivity contribution in [3.05, 3.63) is 66.0 Å². The van der Waals surface area contributed by atoms with Gasteiger partial charge >= 0.3 is 6.09 Å². The zero-order valence-electron chi connectivity index (χ0n) is 11.2. The molecule has 0 saturated heterocycles. The highest BCUT2D eigenvalue weighted by Crippen LogP contribution is 2.11. The SMILES string of the molecule is C[C@H](NC(=O)OCc1ccncc1)c1ccccc1.Cl. The molecule has 106 valence electrons. The second-order valence-electron chi connectivity index (χ2n) is 4.21. The highest BCUT2D eigenvalue weighted by atomic mass is 35.5. The van der Waals surface area contributed by atoms with E-state index in [1.807, 2.05) is 49.4 Å². The summed E-state index contributed by atoms with van der Waals surface area (Å²) < 4.78 is 5.14. The Morgan fingerprint density at radius 1 is 1.20 bits per heavy atom. The third-order valence-electron chi connectivity index (χ3n) is 2.75. The van der Waals surface area contributed by atoms with Crippen LogP contribution in [-0.4, -0.2) is 11.1 Å². The van der Waals surface area contributed by atoms with E-state index in [4.69, 9.17) is 4.74 Å². The summed E-state index contributed by atoms with van der Waals surface area (Å²) in [4.78, 5) is 15.6. The first-order valence-electron chi connectivity index (χ1n) is 6.13. The topological polar surface area (TPSA) is 51.2 Å². The lowest BCUT2D eigenvalue weighted by atomic mass is 10.1. The van der Waals surface area contributed by atoms with Crippen LogP contribution >= 0.6 is 12.4 Å². The predicted molar refractivity (Wildman–Crippen MR) is 79.7 cm³/mol. The molecule has 1 atom stereocenters. The maximum absolute atomic E-state index is 11.7. The number of carbonyl (C=O) groups is 1. The number of nitrogens with one attached hydrogen (secondary N) is 1. The number of ether oxygens (including phenoxy) is 1. The summed E-state index contributed by atoms with van der Waals surface area (Å²) in [6.45, 7) is 2.17. The summed E-state index contributed by atoms with van der Waals surface area (Å²) in [6.07, 6.45) is 2.92. The van der Waals surface area contributed by atoms with E-state index < -0.39 is 6.09 Å². The first-order chi connectivity index (χ1) is 9.25.